The first-order chi connectivity index (χ1) is 8.74. The molecule has 5 nitrogen and oxygen atoms in total. The second kappa shape index (κ2) is 5.29. The molecule has 0 bridgehead atoms. The normalized spacial score (nSPS) is 9.56. The monoisotopic (exact) mass is 259 g/mol. The number of carbonyl (C=O) groups is 1. The van der Waals surface area contributed by atoms with E-state index in [1.165, 1.54) is 18.4 Å². The number of nitrogens with zero attached hydrogens (tertiary/aromatic N) is 2. The highest BCUT2D eigenvalue weighted by molar-refractivity contribution is 7.07. The predicted octanol–water partition coefficient (Wildman–Crippen LogP) is 2.28. The van der Waals surface area contributed by atoms with Gasteiger partial charge in [0.2, 0.25) is 0 Å². The topological polar surface area (TPSA) is 75.0 Å². The lowest BCUT2D eigenvalue weighted by atomic mass is 10.2. The molecule has 1 aromatic carbocycles. The molecule has 18 heavy (non-hydrogen) atoms. The van der Waals surface area contributed by atoms with Crippen LogP contribution in [-0.2, 0) is 0 Å². The van der Waals surface area contributed by atoms with Crippen LogP contribution >= 0.6 is 11.3 Å². The van der Waals surface area contributed by atoms with Gasteiger partial charge < -0.3 is 10.1 Å². The van der Waals surface area contributed by atoms with E-state index in [0.717, 1.165) is 0 Å². The third kappa shape index (κ3) is 2.47. The Balaban J connectivity index is 2.24. The summed E-state index contributed by atoms with van der Waals surface area (Å²) in [5.41, 5.74) is 2.92. The molecule has 0 aliphatic heterocycles. The van der Waals surface area contributed by atoms with Crippen LogP contribution in [0, 0.1) is 11.3 Å². The van der Waals surface area contributed by atoms with Gasteiger partial charge in [-0.05, 0) is 12.1 Å². The molecule has 0 radical (unpaired) electrons. The van der Waals surface area contributed by atoms with Crippen molar-refractivity contribution in [2.24, 2.45) is 0 Å². The van der Waals surface area contributed by atoms with Crippen molar-refractivity contribution in [3.8, 4) is 11.8 Å². The van der Waals surface area contributed by atoms with Crippen molar-refractivity contribution in [2.45, 2.75) is 0 Å². The van der Waals surface area contributed by atoms with E-state index in [2.05, 4.69) is 10.3 Å². The van der Waals surface area contributed by atoms with Gasteiger partial charge in [0, 0.05) is 11.4 Å². The number of carbonyl (C=O) groups excluding carboxylic acids is 1. The second-order valence-electron chi connectivity index (χ2n) is 3.35. The maximum atomic E-state index is 11.8. The van der Waals surface area contributed by atoms with E-state index in [1.807, 2.05) is 6.07 Å². The van der Waals surface area contributed by atoms with Crippen LogP contribution in [0.3, 0.4) is 0 Å². The van der Waals surface area contributed by atoms with Crippen LogP contribution in [0.1, 0.15) is 16.1 Å². The molecule has 0 aliphatic rings. The highest BCUT2D eigenvalue weighted by Gasteiger charge is 2.11. The summed E-state index contributed by atoms with van der Waals surface area (Å²) in [6.45, 7) is 0. The summed E-state index contributed by atoms with van der Waals surface area (Å²) >= 11 is 1.35. The summed E-state index contributed by atoms with van der Waals surface area (Å²) in [5.74, 6) is 0.136. The number of anilines is 1. The van der Waals surface area contributed by atoms with Gasteiger partial charge in [0.15, 0.2) is 0 Å². The lowest BCUT2D eigenvalue weighted by molar-refractivity contribution is 0.102. The Morgan fingerprint density at radius 1 is 1.56 bits per heavy atom. The van der Waals surface area contributed by atoms with E-state index < -0.39 is 0 Å². The zero-order valence-electron chi connectivity index (χ0n) is 9.51. The summed E-state index contributed by atoms with van der Waals surface area (Å²) in [7, 11) is 1.48. The molecule has 1 N–H and O–H groups in total. The van der Waals surface area contributed by atoms with E-state index >= 15 is 0 Å². The molecule has 1 amide bonds. The standard InChI is InChI=1S/C12H9N3O2S/c1-17-11-4-8(5-13)2-3-9(11)15-12(16)10-6-18-7-14-10/h2-4,6-7H,1H3,(H,15,16). The Morgan fingerprint density at radius 2 is 2.39 bits per heavy atom. The molecule has 0 unspecified atom stereocenters. The molecule has 6 heteroatoms. The predicted molar refractivity (Wildman–Crippen MR) is 67.8 cm³/mol. The molecule has 0 saturated carbocycles. The van der Waals surface area contributed by atoms with E-state index in [-0.39, 0.29) is 5.91 Å². The average molecular weight is 259 g/mol. The average Bonchev–Trinajstić information content (AvgIpc) is 2.93. The molecule has 0 fully saturated rings. The van der Waals surface area contributed by atoms with E-state index in [1.54, 1.807) is 29.1 Å². The number of hydrogen-bond donors (Lipinski definition) is 1. The zero-order valence-corrected chi connectivity index (χ0v) is 10.3. The first-order valence-corrected chi connectivity index (χ1v) is 5.96. The second-order valence-corrected chi connectivity index (χ2v) is 4.07. The van der Waals surface area contributed by atoms with Crippen LogP contribution < -0.4 is 10.1 Å². The Labute approximate surface area is 108 Å². The van der Waals surface area contributed by atoms with Crippen molar-refractivity contribution in [3.63, 3.8) is 0 Å². The minimum absolute atomic E-state index is 0.306. The lowest BCUT2D eigenvalue weighted by Crippen LogP contribution is -2.12. The fourth-order valence-electron chi connectivity index (χ4n) is 1.38. The molecule has 2 aromatic rings. The smallest absolute Gasteiger partial charge is 0.275 e. The van der Waals surface area contributed by atoms with E-state index in [0.29, 0.717) is 22.7 Å². The van der Waals surface area contributed by atoms with Crippen LogP contribution in [-0.4, -0.2) is 18.0 Å². The van der Waals surface area contributed by atoms with Crippen LogP contribution in [0.4, 0.5) is 5.69 Å². The zero-order chi connectivity index (χ0) is 13.0. The first-order valence-electron chi connectivity index (χ1n) is 5.02. The number of nitriles is 1. The number of methoxy groups -OCH3 is 1. The minimum Gasteiger partial charge on any atom is -0.495 e. The van der Waals surface area contributed by atoms with Gasteiger partial charge >= 0.3 is 0 Å². The molecular weight excluding hydrogens is 250 g/mol. The fraction of sp³-hybridized carbons (Fsp3) is 0.0833. The number of rotatable bonds is 3. The highest BCUT2D eigenvalue weighted by Crippen LogP contribution is 2.25. The van der Waals surface area contributed by atoms with Gasteiger partial charge in [0.05, 0.1) is 29.9 Å². The van der Waals surface area contributed by atoms with Crippen LogP contribution in [0.25, 0.3) is 0 Å². The first kappa shape index (κ1) is 12.1. The summed E-state index contributed by atoms with van der Waals surface area (Å²) < 4.78 is 5.12. The molecule has 1 heterocycles. The van der Waals surface area contributed by atoms with Crippen LogP contribution in [0.15, 0.2) is 29.1 Å². The van der Waals surface area contributed by atoms with Crippen molar-refractivity contribution in [2.75, 3.05) is 12.4 Å². The van der Waals surface area contributed by atoms with Gasteiger partial charge in [0.1, 0.15) is 11.4 Å². The summed E-state index contributed by atoms with van der Waals surface area (Å²) in [6.07, 6.45) is 0. The van der Waals surface area contributed by atoms with Crippen molar-refractivity contribution in [1.82, 2.24) is 4.98 Å². The quantitative estimate of drug-likeness (QED) is 0.917. The molecule has 0 saturated heterocycles. The lowest BCUT2D eigenvalue weighted by Gasteiger charge is -2.09. The number of nitrogens with one attached hydrogen (secondary N) is 1. The summed E-state index contributed by atoms with van der Waals surface area (Å²) in [6, 6.07) is 6.81. The van der Waals surface area contributed by atoms with Gasteiger partial charge in [-0.2, -0.15) is 5.26 Å². The molecule has 0 atom stereocenters. The minimum atomic E-state index is -0.306. The highest BCUT2D eigenvalue weighted by atomic mass is 32.1. The molecule has 0 spiro atoms. The third-order valence-electron chi connectivity index (χ3n) is 2.24. The number of benzene rings is 1. The van der Waals surface area contributed by atoms with Crippen LogP contribution in [0.2, 0.25) is 0 Å². The van der Waals surface area contributed by atoms with E-state index in [4.69, 9.17) is 10.00 Å². The van der Waals surface area contributed by atoms with Gasteiger partial charge in [-0.1, -0.05) is 0 Å². The summed E-state index contributed by atoms with van der Waals surface area (Å²) in [5, 5.41) is 13.1. The maximum absolute atomic E-state index is 11.8. The third-order valence-corrected chi connectivity index (χ3v) is 2.83. The van der Waals surface area contributed by atoms with Crippen molar-refractivity contribution >= 4 is 22.9 Å². The Hall–Kier alpha value is -2.39. The van der Waals surface area contributed by atoms with E-state index in [9.17, 15) is 4.79 Å². The number of hydrogen-bond acceptors (Lipinski definition) is 5. The van der Waals surface area contributed by atoms with Crippen molar-refractivity contribution in [1.29, 1.82) is 5.26 Å². The maximum Gasteiger partial charge on any atom is 0.275 e. The Morgan fingerprint density at radius 3 is 3.00 bits per heavy atom. The largest absolute Gasteiger partial charge is 0.495 e. The van der Waals surface area contributed by atoms with Gasteiger partial charge in [0.25, 0.3) is 5.91 Å². The van der Waals surface area contributed by atoms with Crippen LogP contribution in [0.5, 0.6) is 5.75 Å². The number of ether oxygens (including phenoxy) is 1. The van der Waals surface area contributed by atoms with Crippen molar-refractivity contribution in [3.05, 3.63) is 40.3 Å². The van der Waals surface area contributed by atoms with Crippen molar-refractivity contribution < 1.29 is 9.53 Å². The molecule has 1 aromatic heterocycles. The van der Waals surface area contributed by atoms with Gasteiger partial charge in [-0.15, -0.1) is 11.3 Å². The number of thiazole rings is 1. The molecule has 90 valence electrons. The molecular formula is C12H9N3O2S. The van der Waals surface area contributed by atoms with Gasteiger partial charge in [-0.3, -0.25) is 4.79 Å². The SMILES string of the molecule is COc1cc(C#N)ccc1NC(=O)c1cscn1. The Kier molecular flexibility index (Phi) is 3.55. The molecule has 2 rings (SSSR count). The Bertz CT molecular complexity index is 602. The van der Waals surface area contributed by atoms with Gasteiger partial charge in [-0.25, -0.2) is 4.98 Å². The fourth-order valence-corrected chi connectivity index (χ4v) is 1.91. The summed E-state index contributed by atoms with van der Waals surface area (Å²) in [4.78, 5) is 15.7. The number of aromatic nitrogens is 1. The number of amides is 1. The molecule has 0 aliphatic carbocycles.